The molecule has 1 N–H and O–H groups in total. The number of unbranched alkanes of at least 4 members (excludes halogenated alkanes) is 1. The molecule has 1 heterocycles. The summed E-state index contributed by atoms with van der Waals surface area (Å²) in [5, 5.41) is 8.48. The first-order valence-corrected chi connectivity index (χ1v) is 5.80. The van der Waals surface area contributed by atoms with Crippen LogP contribution in [0.25, 0.3) is 0 Å². The zero-order valence-corrected chi connectivity index (χ0v) is 10.6. The highest BCUT2D eigenvalue weighted by atomic mass is 16.6. The maximum Gasteiger partial charge on any atom is 0.410 e. The number of amides is 2. The van der Waals surface area contributed by atoms with E-state index in [9.17, 15) is 14.4 Å². The van der Waals surface area contributed by atoms with Crippen molar-refractivity contribution in [1.29, 1.82) is 0 Å². The number of likely N-dealkylation sites (N-methyl/N-ethyl adjacent to an activating group) is 2. The third-order valence-electron chi connectivity index (χ3n) is 2.92. The third-order valence-corrected chi connectivity index (χ3v) is 2.92. The number of ether oxygens (including phenoxy) is 1. The van der Waals surface area contributed by atoms with Crippen molar-refractivity contribution in [1.82, 2.24) is 9.80 Å². The van der Waals surface area contributed by atoms with E-state index in [0.717, 1.165) is 0 Å². The Balaban J connectivity index is 2.33. The van der Waals surface area contributed by atoms with Crippen molar-refractivity contribution in [2.24, 2.45) is 0 Å². The molecule has 0 aromatic carbocycles. The van der Waals surface area contributed by atoms with Crippen molar-refractivity contribution in [3.63, 3.8) is 0 Å². The Morgan fingerprint density at radius 3 is 2.67 bits per heavy atom. The van der Waals surface area contributed by atoms with Crippen LogP contribution in [-0.2, 0) is 14.3 Å². The van der Waals surface area contributed by atoms with Crippen molar-refractivity contribution in [2.45, 2.75) is 25.3 Å². The molecular weight excluding hydrogens is 240 g/mol. The van der Waals surface area contributed by atoms with Crippen LogP contribution in [0.4, 0.5) is 4.79 Å². The molecule has 1 atom stereocenters. The molecule has 1 unspecified atom stereocenters. The van der Waals surface area contributed by atoms with Crippen LogP contribution in [0.2, 0.25) is 0 Å². The Hall–Kier alpha value is -1.79. The molecule has 1 fully saturated rings. The van der Waals surface area contributed by atoms with Crippen molar-refractivity contribution in [2.75, 3.05) is 27.2 Å². The zero-order valence-electron chi connectivity index (χ0n) is 10.6. The summed E-state index contributed by atoms with van der Waals surface area (Å²) in [4.78, 5) is 36.2. The summed E-state index contributed by atoms with van der Waals surface area (Å²) in [6.07, 6.45) is 0.767. The lowest BCUT2D eigenvalue weighted by atomic mass is 10.2. The first-order chi connectivity index (χ1) is 8.43. The summed E-state index contributed by atoms with van der Waals surface area (Å²) in [5.74, 6) is -1.02. The van der Waals surface area contributed by atoms with Gasteiger partial charge in [-0.1, -0.05) is 0 Å². The largest absolute Gasteiger partial charge is 0.481 e. The molecule has 0 aliphatic carbocycles. The topological polar surface area (TPSA) is 87.1 Å². The second kappa shape index (κ2) is 6.23. The number of aliphatic carboxylic acids is 1. The van der Waals surface area contributed by atoms with Crippen LogP contribution in [-0.4, -0.2) is 66.2 Å². The van der Waals surface area contributed by atoms with Gasteiger partial charge in [-0.25, -0.2) is 4.79 Å². The van der Waals surface area contributed by atoms with Gasteiger partial charge >= 0.3 is 12.1 Å². The van der Waals surface area contributed by atoms with Crippen molar-refractivity contribution >= 4 is 18.0 Å². The smallest absolute Gasteiger partial charge is 0.410 e. The first kappa shape index (κ1) is 14.3. The van der Waals surface area contributed by atoms with Gasteiger partial charge in [0.05, 0.1) is 0 Å². The summed E-state index contributed by atoms with van der Waals surface area (Å²) < 4.78 is 4.77. The summed E-state index contributed by atoms with van der Waals surface area (Å²) in [5.41, 5.74) is 0. The van der Waals surface area contributed by atoms with Gasteiger partial charge in [0.2, 0.25) is 5.91 Å². The predicted octanol–water partition coefficient (Wildman–Crippen LogP) is 0.150. The lowest BCUT2D eigenvalue weighted by Crippen LogP contribution is -2.45. The number of cyclic esters (lactones) is 1. The Labute approximate surface area is 105 Å². The van der Waals surface area contributed by atoms with E-state index in [0.29, 0.717) is 19.4 Å². The predicted molar refractivity (Wildman–Crippen MR) is 62.0 cm³/mol. The molecule has 0 spiro atoms. The minimum absolute atomic E-state index is 0.0770. The number of nitrogens with zero attached hydrogens (tertiary/aromatic N) is 2. The summed E-state index contributed by atoms with van der Waals surface area (Å²) in [6, 6.07) is -0.568. The standard InChI is InChI=1S/C11H18N2O5/c1-12(6-4-3-5-9(14)15)10(16)8-7-18-11(17)13(8)2/h8H,3-7H2,1-2H3,(H,14,15). The molecule has 2 amide bonds. The number of carbonyl (C=O) groups excluding carboxylic acids is 2. The van der Waals surface area contributed by atoms with Gasteiger partial charge in [0.1, 0.15) is 12.6 Å². The van der Waals surface area contributed by atoms with Crippen LogP contribution in [0.3, 0.4) is 0 Å². The van der Waals surface area contributed by atoms with Gasteiger partial charge in [0.25, 0.3) is 0 Å². The number of rotatable bonds is 6. The molecule has 0 radical (unpaired) electrons. The fourth-order valence-corrected chi connectivity index (χ4v) is 1.72. The van der Waals surface area contributed by atoms with Gasteiger partial charge in [0.15, 0.2) is 0 Å². The van der Waals surface area contributed by atoms with Gasteiger partial charge in [-0.3, -0.25) is 14.5 Å². The van der Waals surface area contributed by atoms with E-state index in [1.54, 1.807) is 7.05 Å². The summed E-state index contributed by atoms with van der Waals surface area (Å²) in [6.45, 7) is 0.554. The van der Waals surface area contributed by atoms with E-state index < -0.39 is 18.1 Å². The quantitative estimate of drug-likeness (QED) is 0.685. The molecule has 0 aromatic heterocycles. The Bertz CT molecular complexity index is 344. The number of hydrogen-bond acceptors (Lipinski definition) is 4. The maximum absolute atomic E-state index is 12.0. The molecule has 1 aliphatic heterocycles. The molecule has 1 saturated heterocycles. The fraction of sp³-hybridized carbons (Fsp3) is 0.727. The lowest BCUT2D eigenvalue weighted by molar-refractivity contribution is -0.137. The van der Waals surface area contributed by atoms with Crippen LogP contribution in [0.1, 0.15) is 19.3 Å². The Morgan fingerprint density at radius 2 is 2.17 bits per heavy atom. The van der Waals surface area contributed by atoms with Crippen molar-refractivity contribution in [3.8, 4) is 0 Å². The number of carboxylic acid groups (broad SMARTS) is 1. The van der Waals surface area contributed by atoms with Crippen LogP contribution in [0, 0.1) is 0 Å². The van der Waals surface area contributed by atoms with Gasteiger partial charge in [-0.15, -0.1) is 0 Å². The van der Waals surface area contributed by atoms with E-state index in [4.69, 9.17) is 9.84 Å². The second-order valence-electron chi connectivity index (χ2n) is 4.31. The normalized spacial score (nSPS) is 18.7. The zero-order chi connectivity index (χ0) is 13.7. The second-order valence-corrected chi connectivity index (χ2v) is 4.31. The van der Waals surface area contributed by atoms with Crippen LogP contribution < -0.4 is 0 Å². The van der Waals surface area contributed by atoms with Gasteiger partial charge in [-0.2, -0.15) is 0 Å². The molecule has 0 saturated carbocycles. The molecule has 18 heavy (non-hydrogen) atoms. The molecule has 7 nitrogen and oxygen atoms in total. The monoisotopic (exact) mass is 258 g/mol. The van der Waals surface area contributed by atoms with Crippen LogP contribution in [0.15, 0.2) is 0 Å². The molecule has 0 aromatic rings. The van der Waals surface area contributed by atoms with E-state index in [-0.39, 0.29) is 18.9 Å². The average molecular weight is 258 g/mol. The third kappa shape index (κ3) is 3.61. The fourth-order valence-electron chi connectivity index (χ4n) is 1.72. The SMILES string of the molecule is CN(CCCCC(=O)O)C(=O)C1COC(=O)N1C. The van der Waals surface area contributed by atoms with Crippen molar-refractivity contribution < 1.29 is 24.2 Å². The Kier molecular flexibility index (Phi) is 4.94. The minimum Gasteiger partial charge on any atom is -0.481 e. The van der Waals surface area contributed by atoms with E-state index in [1.165, 1.54) is 16.8 Å². The molecular formula is C11H18N2O5. The van der Waals surface area contributed by atoms with Gasteiger partial charge in [0, 0.05) is 27.1 Å². The lowest BCUT2D eigenvalue weighted by Gasteiger charge is -2.23. The van der Waals surface area contributed by atoms with Gasteiger partial charge < -0.3 is 14.7 Å². The molecule has 102 valence electrons. The van der Waals surface area contributed by atoms with Crippen LogP contribution >= 0.6 is 0 Å². The highest BCUT2D eigenvalue weighted by molar-refractivity contribution is 5.87. The minimum atomic E-state index is -0.835. The number of carbonyl (C=O) groups is 3. The van der Waals surface area contributed by atoms with Crippen molar-refractivity contribution in [3.05, 3.63) is 0 Å². The highest BCUT2D eigenvalue weighted by Crippen LogP contribution is 2.12. The first-order valence-electron chi connectivity index (χ1n) is 5.80. The molecule has 7 heteroatoms. The van der Waals surface area contributed by atoms with Crippen LogP contribution in [0.5, 0.6) is 0 Å². The van der Waals surface area contributed by atoms with E-state index in [2.05, 4.69) is 0 Å². The van der Waals surface area contributed by atoms with E-state index in [1.807, 2.05) is 0 Å². The molecule has 1 rings (SSSR count). The Morgan fingerprint density at radius 1 is 1.50 bits per heavy atom. The number of hydrogen-bond donors (Lipinski definition) is 1. The maximum atomic E-state index is 12.0. The highest BCUT2D eigenvalue weighted by Gasteiger charge is 2.36. The molecule has 1 aliphatic rings. The molecule has 0 bridgehead atoms. The average Bonchev–Trinajstić information content (AvgIpc) is 2.64. The summed E-state index contributed by atoms with van der Waals surface area (Å²) in [7, 11) is 3.16. The van der Waals surface area contributed by atoms with E-state index >= 15 is 0 Å². The van der Waals surface area contributed by atoms with Gasteiger partial charge in [-0.05, 0) is 12.8 Å². The summed E-state index contributed by atoms with van der Waals surface area (Å²) >= 11 is 0. The number of carboxylic acids is 1.